The molecule has 0 spiro atoms. The normalized spacial score (nSPS) is 10.2. The molecular weight excluding hydrogens is 234 g/mol. The quantitative estimate of drug-likeness (QED) is 0.591. The summed E-state index contributed by atoms with van der Waals surface area (Å²) in [5.41, 5.74) is 0.504. The lowest BCUT2D eigenvalue weighted by molar-refractivity contribution is -0.385. The molecule has 16 heavy (non-hydrogen) atoms. The van der Waals surface area contributed by atoms with Crippen molar-refractivity contribution in [1.82, 2.24) is 0 Å². The molecule has 0 fully saturated rings. The van der Waals surface area contributed by atoms with Crippen LogP contribution in [0.1, 0.15) is 12.5 Å². The second-order valence-corrected chi connectivity index (χ2v) is 3.45. The Labute approximate surface area is 98.1 Å². The van der Waals surface area contributed by atoms with Crippen LogP contribution in [0.5, 0.6) is 5.75 Å². The fraction of sp³-hybridized carbons (Fsp3) is 0.400. The Balaban J connectivity index is 3.21. The van der Waals surface area contributed by atoms with Crippen LogP contribution in [0, 0.1) is 10.1 Å². The predicted molar refractivity (Wildman–Crippen MR) is 60.0 cm³/mol. The van der Waals surface area contributed by atoms with E-state index in [4.69, 9.17) is 21.1 Å². The monoisotopic (exact) mass is 245 g/mol. The molecule has 1 aromatic carbocycles. The highest BCUT2D eigenvalue weighted by Crippen LogP contribution is 2.33. The molecule has 0 heterocycles. The van der Waals surface area contributed by atoms with E-state index in [9.17, 15) is 10.1 Å². The highest BCUT2D eigenvalue weighted by Gasteiger charge is 2.16. The second-order valence-electron chi connectivity index (χ2n) is 3.04. The first kappa shape index (κ1) is 12.7. The van der Waals surface area contributed by atoms with Crippen molar-refractivity contribution in [1.29, 1.82) is 0 Å². The van der Waals surface area contributed by atoms with Crippen molar-refractivity contribution in [3.05, 3.63) is 32.8 Å². The van der Waals surface area contributed by atoms with Crippen molar-refractivity contribution in [3.8, 4) is 5.75 Å². The van der Waals surface area contributed by atoms with Gasteiger partial charge >= 0.3 is 0 Å². The fourth-order valence-electron chi connectivity index (χ4n) is 1.31. The smallest absolute Gasteiger partial charge is 0.271 e. The zero-order valence-electron chi connectivity index (χ0n) is 9.03. The van der Waals surface area contributed by atoms with Crippen LogP contribution >= 0.6 is 11.6 Å². The summed E-state index contributed by atoms with van der Waals surface area (Å²) in [5, 5.41) is 10.9. The highest BCUT2D eigenvalue weighted by molar-refractivity contribution is 6.32. The molecule has 0 N–H and O–H groups in total. The lowest BCUT2D eigenvalue weighted by Gasteiger charge is -2.11. The summed E-state index contributed by atoms with van der Waals surface area (Å²) in [6.07, 6.45) is 0. The number of hydrogen-bond donors (Lipinski definition) is 0. The number of non-ortho nitro benzene ring substituents is 1. The van der Waals surface area contributed by atoms with E-state index in [1.807, 2.05) is 6.92 Å². The maximum atomic E-state index is 10.6. The first-order valence-corrected chi connectivity index (χ1v) is 5.06. The Kier molecular flexibility index (Phi) is 4.52. The SMILES string of the molecule is CCOc1c(Cl)cc([N+](=O)[O-])cc1COC. The molecule has 0 aliphatic rings. The average Bonchev–Trinajstić information content (AvgIpc) is 2.23. The molecule has 0 saturated heterocycles. The summed E-state index contributed by atoms with van der Waals surface area (Å²) < 4.78 is 10.3. The Bertz CT molecular complexity index is 395. The van der Waals surface area contributed by atoms with Gasteiger partial charge in [0.05, 0.1) is 23.2 Å². The van der Waals surface area contributed by atoms with Crippen molar-refractivity contribution in [2.75, 3.05) is 13.7 Å². The number of hydrogen-bond acceptors (Lipinski definition) is 4. The Hall–Kier alpha value is -1.33. The van der Waals surface area contributed by atoms with Crippen molar-refractivity contribution >= 4 is 17.3 Å². The summed E-state index contributed by atoms with van der Waals surface area (Å²) in [6, 6.07) is 2.67. The standard InChI is InChI=1S/C10H12ClNO4/c1-3-16-10-7(6-15-2)4-8(12(13)14)5-9(10)11/h4-5H,3,6H2,1-2H3. The van der Waals surface area contributed by atoms with E-state index >= 15 is 0 Å². The molecule has 0 saturated carbocycles. The number of rotatable bonds is 5. The van der Waals surface area contributed by atoms with Crippen molar-refractivity contribution < 1.29 is 14.4 Å². The molecule has 1 aromatic rings. The van der Waals surface area contributed by atoms with Gasteiger partial charge in [0.25, 0.3) is 5.69 Å². The number of ether oxygens (including phenoxy) is 2. The Morgan fingerprint density at radius 3 is 2.69 bits per heavy atom. The third-order valence-corrected chi connectivity index (χ3v) is 2.19. The zero-order valence-corrected chi connectivity index (χ0v) is 9.78. The van der Waals surface area contributed by atoms with E-state index < -0.39 is 4.92 Å². The van der Waals surface area contributed by atoms with Crippen molar-refractivity contribution in [2.45, 2.75) is 13.5 Å². The average molecular weight is 246 g/mol. The van der Waals surface area contributed by atoms with Gasteiger partial charge in [0, 0.05) is 24.8 Å². The van der Waals surface area contributed by atoms with Gasteiger partial charge in [-0.05, 0) is 6.92 Å². The van der Waals surface area contributed by atoms with Crippen molar-refractivity contribution in [2.24, 2.45) is 0 Å². The van der Waals surface area contributed by atoms with E-state index in [0.717, 1.165) is 0 Å². The number of benzene rings is 1. The minimum Gasteiger partial charge on any atom is -0.492 e. The minimum absolute atomic E-state index is 0.0690. The van der Waals surface area contributed by atoms with E-state index in [0.29, 0.717) is 17.9 Å². The minimum atomic E-state index is -0.499. The summed E-state index contributed by atoms with van der Waals surface area (Å²) in [4.78, 5) is 10.1. The van der Waals surface area contributed by atoms with Gasteiger partial charge in [-0.2, -0.15) is 0 Å². The van der Waals surface area contributed by atoms with Crippen LogP contribution in [-0.2, 0) is 11.3 Å². The topological polar surface area (TPSA) is 61.6 Å². The predicted octanol–water partition coefficient (Wildman–Crippen LogP) is 2.79. The third-order valence-electron chi connectivity index (χ3n) is 1.90. The van der Waals surface area contributed by atoms with Gasteiger partial charge in [-0.1, -0.05) is 11.6 Å². The molecule has 88 valence electrons. The highest BCUT2D eigenvalue weighted by atomic mass is 35.5. The van der Waals surface area contributed by atoms with Crippen LogP contribution in [0.15, 0.2) is 12.1 Å². The molecule has 0 unspecified atom stereocenters. The van der Waals surface area contributed by atoms with E-state index in [1.165, 1.54) is 19.2 Å². The van der Waals surface area contributed by atoms with Crippen LogP contribution in [-0.4, -0.2) is 18.6 Å². The number of methoxy groups -OCH3 is 1. The maximum absolute atomic E-state index is 10.6. The molecule has 0 aromatic heterocycles. The number of nitrogens with zero attached hydrogens (tertiary/aromatic N) is 1. The molecule has 1 rings (SSSR count). The fourth-order valence-corrected chi connectivity index (χ4v) is 1.60. The third kappa shape index (κ3) is 2.84. The summed E-state index contributed by atoms with van der Waals surface area (Å²) in [5.74, 6) is 0.441. The van der Waals surface area contributed by atoms with Gasteiger partial charge < -0.3 is 9.47 Å². The van der Waals surface area contributed by atoms with Crippen LogP contribution in [0.25, 0.3) is 0 Å². The lowest BCUT2D eigenvalue weighted by atomic mass is 10.2. The van der Waals surface area contributed by atoms with Gasteiger partial charge in [0.15, 0.2) is 0 Å². The van der Waals surface area contributed by atoms with Gasteiger partial charge in [0.2, 0.25) is 0 Å². The number of nitro groups is 1. The van der Waals surface area contributed by atoms with Gasteiger partial charge in [-0.3, -0.25) is 10.1 Å². The molecule has 5 nitrogen and oxygen atoms in total. The van der Waals surface area contributed by atoms with Crippen LogP contribution in [0.2, 0.25) is 5.02 Å². The molecule has 0 radical (unpaired) electrons. The second kappa shape index (κ2) is 5.67. The van der Waals surface area contributed by atoms with Gasteiger partial charge in [-0.15, -0.1) is 0 Å². The molecule has 6 heteroatoms. The molecular formula is C10H12ClNO4. The van der Waals surface area contributed by atoms with Crippen LogP contribution < -0.4 is 4.74 Å². The first-order valence-electron chi connectivity index (χ1n) is 4.68. The first-order chi connectivity index (χ1) is 7.60. The van der Waals surface area contributed by atoms with E-state index in [1.54, 1.807) is 0 Å². The largest absolute Gasteiger partial charge is 0.492 e. The zero-order chi connectivity index (χ0) is 12.1. The van der Waals surface area contributed by atoms with Gasteiger partial charge in [0.1, 0.15) is 5.75 Å². The summed E-state index contributed by atoms with van der Waals surface area (Å²) in [6.45, 7) is 2.47. The maximum Gasteiger partial charge on any atom is 0.271 e. The van der Waals surface area contributed by atoms with Crippen molar-refractivity contribution in [3.63, 3.8) is 0 Å². The number of nitro benzene ring substituents is 1. The Morgan fingerprint density at radius 2 is 2.19 bits per heavy atom. The lowest BCUT2D eigenvalue weighted by Crippen LogP contribution is -2.00. The molecule has 0 aliphatic heterocycles. The van der Waals surface area contributed by atoms with E-state index in [-0.39, 0.29) is 17.3 Å². The van der Waals surface area contributed by atoms with Crippen LogP contribution in [0.4, 0.5) is 5.69 Å². The molecule has 0 atom stereocenters. The summed E-state index contributed by atoms with van der Waals surface area (Å²) in [7, 11) is 1.50. The molecule has 0 bridgehead atoms. The summed E-state index contributed by atoms with van der Waals surface area (Å²) >= 11 is 5.91. The number of halogens is 1. The Morgan fingerprint density at radius 1 is 1.50 bits per heavy atom. The van der Waals surface area contributed by atoms with Crippen LogP contribution in [0.3, 0.4) is 0 Å². The molecule has 0 aliphatic carbocycles. The van der Waals surface area contributed by atoms with Gasteiger partial charge in [-0.25, -0.2) is 0 Å². The van der Waals surface area contributed by atoms with E-state index in [2.05, 4.69) is 0 Å². The molecule has 0 amide bonds.